The van der Waals surface area contributed by atoms with Crippen molar-refractivity contribution >= 4 is 27.5 Å². The van der Waals surface area contributed by atoms with Crippen molar-refractivity contribution in [2.75, 3.05) is 33.2 Å². The molecule has 30 heavy (non-hydrogen) atoms. The number of rotatable bonds is 6. The molecular formula is C22H28ClN3O3S. The first-order chi connectivity index (χ1) is 14.2. The molecule has 8 heteroatoms. The number of nitrogens with one attached hydrogen (secondary N) is 1. The second-order valence-corrected chi connectivity index (χ2v) is 9.96. The van der Waals surface area contributed by atoms with Crippen LogP contribution >= 0.6 is 11.6 Å². The van der Waals surface area contributed by atoms with E-state index in [0.717, 1.165) is 12.0 Å². The molecule has 2 aromatic carbocycles. The SMILES string of the molecule is CCc1ccc(C(C)NC(=O)c2ccc(Cl)c(S(=O)(=O)N3CCN(C)CC3)c2)cc1. The number of likely N-dealkylation sites (N-methyl/N-ethyl adjacent to an activating group) is 1. The molecule has 1 saturated heterocycles. The monoisotopic (exact) mass is 449 g/mol. The number of hydrogen-bond donors (Lipinski definition) is 1. The van der Waals surface area contributed by atoms with Gasteiger partial charge in [-0.25, -0.2) is 8.42 Å². The molecule has 1 fully saturated rings. The normalized spacial score (nSPS) is 16.9. The molecule has 0 aromatic heterocycles. The standard InChI is InChI=1S/C22H28ClN3O3S/c1-4-17-5-7-18(8-6-17)16(2)24-22(27)19-9-10-20(23)21(15-19)30(28,29)26-13-11-25(3)12-14-26/h5-10,15-16H,4,11-14H2,1-3H3,(H,24,27). The number of carbonyl (C=O) groups is 1. The van der Waals surface area contributed by atoms with Gasteiger partial charge in [0, 0.05) is 31.7 Å². The highest BCUT2D eigenvalue weighted by Gasteiger charge is 2.30. The lowest BCUT2D eigenvalue weighted by Gasteiger charge is -2.31. The third kappa shape index (κ3) is 5.03. The Kier molecular flexibility index (Phi) is 7.18. The number of hydrogen-bond acceptors (Lipinski definition) is 4. The van der Waals surface area contributed by atoms with Crippen molar-refractivity contribution in [3.63, 3.8) is 0 Å². The maximum Gasteiger partial charge on any atom is 0.251 e. The average Bonchev–Trinajstić information content (AvgIpc) is 2.74. The van der Waals surface area contributed by atoms with E-state index in [1.165, 1.54) is 22.0 Å². The molecular weight excluding hydrogens is 422 g/mol. The fourth-order valence-corrected chi connectivity index (χ4v) is 5.34. The van der Waals surface area contributed by atoms with Gasteiger partial charge in [-0.15, -0.1) is 0 Å². The minimum atomic E-state index is -3.77. The van der Waals surface area contributed by atoms with Crippen molar-refractivity contribution in [3.05, 3.63) is 64.2 Å². The van der Waals surface area contributed by atoms with Gasteiger partial charge in [0.05, 0.1) is 11.1 Å². The molecule has 1 N–H and O–H groups in total. The third-order valence-electron chi connectivity index (χ3n) is 5.51. The van der Waals surface area contributed by atoms with E-state index in [4.69, 9.17) is 11.6 Å². The maximum atomic E-state index is 13.1. The van der Waals surface area contributed by atoms with E-state index >= 15 is 0 Å². The van der Waals surface area contributed by atoms with Crippen molar-refractivity contribution in [1.29, 1.82) is 0 Å². The number of aryl methyl sites for hydroxylation is 1. The maximum absolute atomic E-state index is 13.1. The highest BCUT2D eigenvalue weighted by atomic mass is 35.5. The Balaban J connectivity index is 1.79. The Bertz CT molecular complexity index is 1000. The number of amides is 1. The summed E-state index contributed by atoms with van der Waals surface area (Å²) in [7, 11) is -1.81. The number of carbonyl (C=O) groups excluding carboxylic acids is 1. The van der Waals surface area contributed by atoms with Gasteiger partial charge in [-0.1, -0.05) is 42.8 Å². The van der Waals surface area contributed by atoms with E-state index < -0.39 is 10.0 Å². The van der Waals surface area contributed by atoms with E-state index in [0.29, 0.717) is 26.2 Å². The number of nitrogens with zero attached hydrogens (tertiary/aromatic N) is 2. The molecule has 1 aliphatic heterocycles. The Hall–Kier alpha value is -1.93. The molecule has 3 rings (SSSR count). The van der Waals surface area contributed by atoms with Gasteiger partial charge in [0.25, 0.3) is 5.91 Å². The van der Waals surface area contributed by atoms with E-state index in [-0.39, 0.29) is 27.4 Å². The van der Waals surface area contributed by atoms with Crippen LogP contribution in [-0.4, -0.2) is 56.8 Å². The van der Waals surface area contributed by atoms with Crippen LogP contribution < -0.4 is 5.32 Å². The second kappa shape index (κ2) is 9.47. The lowest BCUT2D eigenvalue weighted by Crippen LogP contribution is -2.47. The molecule has 1 heterocycles. The summed E-state index contributed by atoms with van der Waals surface area (Å²) in [6.45, 7) is 6.11. The Labute approximate surface area is 183 Å². The van der Waals surface area contributed by atoms with Gasteiger partial charge < -0.3 is 10.2 Å². The zero-order valence-corrected chi connectivity index (χ0v) is 19.1. The number of halogens is 1. The summed E-state index contributed by atoms with van der Waals surface area (Å²) in [6.07, 6.45) is 0.955. The molecule has 162 valence electrons. The van der Waals surface area contributed by atoms with Gasteiger partial charge in [0.1, 0.15) is 4.90 Å². The lowest BCUT2D eigenvalue weighted by atomic mass is 10.0. The van der Waals surface area contributed by atoms with Crippen LogP contribution in [0.4, 0.5) is 0 Å². The van der Waals surface area contributed by atoms with Crippen LogP contribution in [0.1, 0.15) is 41.4 Å². The first-order valence-corrected chi connectivity index (χ1v) is 11.9. The van der Waals surface area contributed by atoms with Crippen molar-refractivity contribution in [1.82, 2.24) is 14.5 Å². The molecule has 6 nitrogen and oxygen atoms in total. The number of sulfonamides is 1. The topological polar surface area (TPSA) is 69.7 Å². The molecule has 1 atom stereocenters. The van der Waals surface area contributed by atoms with Gasteiger partial charge in [0.15, 0.2) is 0 Å². The minimum absolute atomic E-state index is 0.0266. The summed E-state index contributed by atoms with van der Waals surface area (Å²) in [5.41, 5.74) is 2.48. The lowest BCUT2D eigenvalue weighted by molar-refractivity contribution is 0.0939. The summed E-state index contributed by atoms with van der Waals surface area (Å²) in [5, 5.41) is 3.06. The van der Waals surface area contributed by atoms with Crippen LogP contribution in [0.25, 0.3) is 0 Å². The molecule has 1 unspecified atom stereocenters. The van der Waals surface area contributed by atoms with Gasteiger partial charge in [0.2, 0.25) is 10.0 Å². The van der Waals surface area contributed by atoms with Crippen molar-refractivity contribution in [2.24, 2.45) is 0 Å². The average molecular weight is 450 g/mol. The van der Waals surface area contributed by atoms with Gasteiger partial charge in [-0.3, -0.25) is 4.79 Å². The summed E-state index contributed by atoms with van der Waals surface area (Å²) in [5.74, 6) is -0.339. The quantitative estimate of drug-likeness (QED) is 0.734. The van der Waals surface area contributed by atoms with Crippen molar-refractivity contribution < 1.29 is 13.2 Å². The van der Waals surface area contributed by atoms with Gasteiger partial charge in [-0.2, -0.15) is 4.31 Å². The predicted molar refractivity (Wildman–Crippen MR) is 119 cm³/mol. The fraction of sp³-hybridized carbons (Fsp3) is 0.409. The predicted octanol–water partition coefficient (Wildman–Crippen LogP) is 3.33. The molecule has 1 aliphatic rings. The molecule has 0 spiro atoms. The van der Waals surface area contributed by atoms with Crippen LogP contribution in [0.5, 0.6) is 0 Å². The zero-order valence-electron chi connectivity index (χ0n) is 17.6. The van der Waals surface area contributed by atoms with Crippen molar-refractivity contribution in [3.8, 4) is 0 Å². The Morgan fingerprint density at radius 1 is 1.10 bits per heavy atom. The van der Waals surface area contributed by atoms with Crippen molar-refractivity contribution in [2.45, 2.75) is 31.2 Å². The molecule has 0 radical (unpaired) electrons. The van der Waals surface area contributed by atoms with E-state index in [1.54, 1.807) is 6.07 Å². The van der Waals surface area contributed by atoms with Crippen LogP contribution in [0.3, 0.4) is 0 Å². The first-order valence-electron chi connectivity index (χ1n) is 10.1. The van der Waals surface area contributed by atoms with Crippen LogP contribution in [0.2, 0.25) is 5.02 Å². The van der Waals surface area contributed by atoms with Crippen LogP contribution in [-0.2, 0) is 16.4 Å². The van der Waals surface area contributed by atoms with Crippen LogP contribution in [0, 0.1) is 0 Å². The summed E-state index contributed by atoms with van der Waals surface area (Å²) in [4.78, 5) is 14.8. The molecule has 2 aromatic rings. The van der Waals surface area contributed by atoms with E-state index in [1.807, 2.05) is 38.2 Å². The van der Waals surface area contributed by atoms with Gasteiger partial charge >= 0.3 is 0 Å². The number of benzene rings is 2. The molecule has 0 bridgehead atoms. The minimum Gasteiger partial charge on any atom is -0.346 e. The van der Waals surface area contributed by atoms with Crippen LogP contribution in [0.15, 0.2) is 47.4 Å². The molecule has 0 aliphatic carbocycles. The third-order valence-corrected chi connectivity index (χ3v) is 7.89. The first kappa shape index (κ1) is 22.7. The zero-order chi connectivity index (χ0) is 21.9. The van der Waals surface area contributed by atoms with E-state index in [9.17, 15) is 13.2 Å². The summed E-state index contributed by atoms with van der Waals surface area (Å²) < 4.78 is 27.6. The molecule has 0 saturated carbocycles. The molecule has 1 amide bonds. The van der Waals surface area contributed by atoms with Gasteiger partial charge in [-0.05, 0) is 49.7 Å². The number of piperazine rings is 1. The largest absolute Gasteiger partial charge is 0.346 e. The highest BCUT2D eigenvalue weighted by Crippen LogP contribution is 2.27. The second-order valence-electron chi connectivity index (χ2n) is 7.64. The van der Waals surface area contributed by atoms with E-state index in [2.05, 4.69) is 17.1 Å². The summed E-state index contributed by atoms with van der Waals surface area (Å²) in [6, 6.07) is 12.3. The Morgan fingerprint density at radius 3 is 2.33 bits per heavy atom. The highest BCUT2D eigenvalue weighted by molar-refractivity contribution is 7.89. The summed E-state index contributed by atoms with van der Waals surface area (Å²) >= 11 is 6.22. The Morgan fingerprint density at radius 2 is 1.73 bits per heavy atom. The smallest absolute Gasteiger partial charge is 0.251 e. The fourth-order valence-electron chi connectivity index (χ4n) is 3.42.